The maximum Gasteiger partial charge on any atom is 0.271 e. The van der Waals surface area contributed by atoms with Crippen molar-refractivity contribution in [2.45, 2.75) is 37.8 Å². The van der Waals surface area contributed by atoms with E-state index in [0.29, 0.717) is 56.8 Å². The number of nitrogens with one attached hydrogen (secondary N) is 1. The summed E-state index contributed by atoms with van der Waals surface area (Å²) in [5.74, 6) is -1.61. The molecule has 2 aliphatic rings. The third kappa shape index (κ3) is 6.99. The summed E-state index contributed by atoms with van der Waals surface area (Å²) >= 11 is 6.12. The average molecular weight is 642 g/mol. The molecule has 0 unspecified atom stereocenters. The van der Waals surface area contributed by atoms with E-state index in [4.69, 9.17) is 28.8 Å². The first-order chi connectivity index (χ1) is 21.4. The van der Waals surface area contributed by atoms with Gasteiger partial charge in [0.05, 0.1) is 32.9 Å². The molecule has 1 aliphatic heterocycles. The minimum atomic E-state index is -0.772. The van der Waals surface area contributed by atoms with Gasteiger partial charge in [0.15, 0.2) is 5.96 Å². The van der Waals surface area contributed by atoms with Crippen LogP contribution in [0.4, 0.5) is 21.5 Å². The Kier molecular flexibility index (Phi) is 9.20. The number of halogens is 2. The van der Waals surface area contributed by atoms with Crippen LogP contribution in [0.5, 0.6) is 0 Å². The Hall–Kier alpha value is -4.76. The average Bonchev–Trinajstić information content (AvgIpc) is 3.85. The molecule has 1 atom stereocenters. The highest BCUT2D eigenvalue weighted by molar-refractivity contribution is 6.34. The molecule has 14 nitrogen and oxygen atoms in total. The number of hydrogen-bond donors (Lipinski definition) is 4. The first kappa shape index (κ1) is 31.7. The van der Waals surface area contributed by atoms with Gasteiger partial charge in [-0.1, -0.05) is 11.6 Å². The number of fused-ring (bicyclic) bond motifs is 1. The molecule has 2 aromatic carbocycles. The monoisotopic (exact) mass is 641 g/mol. The number of nitro benzene ring substituents is 1. The second kappa shape index (κ2) is 13.1. The Morgan fingerprint density at radius 2 is 1.87 bits per heavy atom. The Labute approximate surface area is 261 Å². The number of carbonyl (C=O) groups is 2. The number of hydrogen-bond acceptors (Lipinski definition) is 8. The Morgan fingerprint density at radius 3 is 2.49 bits per heavy atom. The first-order valence-corrected chi connectivity index (χ1v) is 14.8. The summed E-state index contributed by atoms with van der Waals surface area (Å²) < 4.78 is 17.4. The zero-order valence-corrected chi connectivity index (χ0v) is 25.0. The van der Waals surface area contributed by atoms with E-state index in [9.17, 15) is 24.5 Å². The quantitative estimate of drug-likeness (QED) is 0.0840. The normalized spacial score (nSPS) is 15.5. The summed E-state index contributed by atoms with van der Waals surface area (Å²) in [6.45, 7) is 1.79. The third-order valence-corrected chi connectivity index (χ3v) is 8.23. The van der Waals surface area contributed by atoms with E-state index in [1.54, 1.807) is 11.0 Å². The van der Waals surface area contributed by atoms with E-state index in [2.05, 4.69) is 10.3 Å². The molecule has 1 saturated carbocycles. The van der Waals surface area contributed by atoms with Crippen molar-refractivity contribution in [3.63, 3.8) is 0 Å². The van der Waals surface area contributed by atoms with E-state index in [0.717, 1.165) is 25.0 Å². The van der Waals surface area contributed by atoms with Crippen LogP contribution >= 0.6 is 11.6 Å². The van der Waals surface area contributed by atoms with E-state index < -0.39 is 28.1 Å². The second-order valence-electron chi connectivity index (χ2n) is 11.1. The van der Waals surface area contributed by atoms with Crippen LogP contribution in [0.2, 0.25) is 5.02 Å². The molecule has 0 bridgehead atoms. The molecule has 7 N–H and O–H groups in total. The van der Waals surface area contributed by atoms with Gasteiger partial charge in [0.2, 0.25) is 11.3 Å². The van der Waals surface area contributed by atoms with Crippen LogP contribution in [0, 0.1) is 15.9 Å². The number of nitrogens with zero attached hydrogens (tertiary/aromatic N) is 5. The number of non-ortho nitro benzene ring substituents is 1. The van der Waals surface area contributed by atoms with Gasteiger partial charge in [0, 0.05) is 62.5 Å². The number of nitrogens with two attached hydrogens (primary N) is 3. The van der Waals surface area contributed by atoms with Crippen LogP contribution in [0.25, 0.3) is 10.9 Å². The lowest BCUT2D eigenvalue weighted by atomic mass is 10.1. The Bertz CT molecular complexity index is 1750. The summed E-state index contributed by atoms with van der Waals surface area (Å²) in [6.07, 6.45) is 4.10. The highest BCUT2D eigenvalue weighted by Crippen LogP contribution is 2.38. The molecule has 2 amide bonds. The standard InChI is InChI=1S/C29H33ClFN9O5/c30-20-12-17(40(44)45)5-6-23(20)36-27(42)19-15-39(16-3-4-16)24-14-25(21(31)13-18(24)26(19)41)37-8-10-38(11-9-37)28(43)22(32)2-1-7-35-29(33)34/h5-6,12-16,22H,1-4,7-11,32H2,(H,36,42)(H4,33,34,35)/t22-/m0/s1. The van der Waals surface area contributed by atoms with Crippen molar-refractivity contribution < 1.29 is 18.9 Å². The van der Waals surface area contributed by atoms with Crippen LogP contribution in [0.15, 0.2) is 46.3 Å². The molecule has 1 saturated heterocycles. The number of carbonyl (C=O) groups excluding carboxylic acids is 2. The molecular formula is C29H33ClFN9O5. The molecule has 2 fully saturated rings. The molecule has 0 radical (unpaired) electrons. The zero-order chi connectivity index (χ0) is 32.4. The van der Waals surface area contributed by atoms with Crippen molar-refractivity contribution in [1.29, 1.82) is 0 Å². The summed E-state index contributed by atoms with van der Waals surface area (Å²) in [4.78, 5) is 57.3. The molecule has 5 rings (SSSR count). The van der Waals surface area contributed by atoms with Gasteiger partial charge >= 0.3 is 0 Å². The Balaban J connectivity index is 1.34. The van der Waals surface area contributed by atoms with Crippen LogP contribution in [-0.2, 0) is 4.79 Å². The number of aliphatic imine (C=N–C) groups is 1. The number of rotatable bonds is 10. The van der Waals surface area contributed by atoms with Gasteiger partial charge in [-0.25, -0.2) is 4.39 Å². The smallest absolute Gasteiger partial charge is 0.271 e. The van der Waals surface area contributed by atoms with Crippen LogP contribution < -0.4 is 32.8 Å². The molecule has 16 heteroatoms. The van der Waals surface area contributed by atoms with Crippen LogP contribution in [0.1, 0.15) is 42.1 Å². The lowest BCUT2D eigenvalue weighted by molar-refractivity contribution is -0.384. The SMILES string of the molecule is NC(N)=NCCC[C@H](N)C(=O)N1CCN(c2cc3c(cc2F)c(=O)c(C(=O)Nc2ccc([N+](=O)[O-])cc2Cl)cn3C2CC2)CC1. The minimum absolute atomic E-state index is 0.0166. The van der Waals surface area contributed by atoms with Crippen molar-refractivity contribution in [3.05, 3.63) is 73.3 Å². The fraction of sp³-hybridized carbons (Fsp3) is 0.379. The van der Waals surface area contributed by atoms with E-state index in [1.807, 2.05) is 9.47 Å². The zero-order valence-electron chi connectivity index (χ0n) is 24.2. The van der Waals surface area contributed by atoms with Gasteiger partial charge < -0.3 is 36.9 Å². The van der Waals surface area contributed by atoms with Crippen molar-refractivity contribution >= 4 is 57.3 Å². The molecule has 45 heavy (non-hydrogen) atoms. The molecule has 3 aromatic rings. The van der Waals surface area contributed by atoms with Crippen LogP contribution in [-0.4, -0.2) is 70.9 Å². The van der Waals surface area contributed by atoms with Gasteiger partial charge in [-0.05, 0) is 43.9 Å². The number of guanidine groups is 1. The number of aromatic nitrogens is 1. The Morgan fingerprint density at radius 1 is 1.16 bits per heavy atom. The summed E-state index contributed by atoms with van der Waals surface area (Å²) in [5, 5.41) is 13.5. The van der Waals surface area contributed by atoms with Gasteiger partial charge in [-0.2, -0.15) is 0 Å². The first-order valence-electron chi connectivity index (χ1n) is 14.4. The number of anilines is 2. The number of benzene rings is 2. The number of pyridine rings is 1. The fourth-order valence-electron chi connectivity index (χ4n) is 5.37. The second-order valence-corrected chi connectivity index (χ2v) is 11.5. The number of amides is 2. The van der Waals surface area contributed by atoms with E-state index >= 15 is 4.39 Å². The van der Waals surface area contributed by atoms with E-state index in [1.165, 1.54) is 18.3 Å². The molecular weight excluding hydrogens is 609 g/mol. The molecule has 2 heterocycles. The molecule has 0 spiro atoms. The van der Waals surface area contributed by atoms with Crippen LogP contribution in [0.3, 0.4) is 0 Å². The maximum absolute atomic E-state index is 15.6. The predicted molar refractivity (Wildman–Crippen MR) is 169 cm³/mol. The van der Waals surface area contributed by atoms with Gasteiger partial charge in [0.25, 0.3) is 11.6 Å². The van der Waals surface area contributed by atoms with Crippen molar-refractivity contribution in [2.75, 3.05) is 42.9 Å². The predicted octanol–water partition coefficient (Wildman–Crippen LogP) is 2.32. The lowest BCUT2D eigenvalue weighted by Gasteiger charge is -2.37. The van der Waals surface area contributed by atoms with Crippen molar-refractivity contribution in [3.8, 4) is 0 Å². The van der Waals surface area contributed by atoms with Crippen molar-refractivity contribution in [1.82, 2.24) is 9.47 Å². The largest absolute Gasteiger partial charge is 0.370 e. The highest BCUT2D eigenvalue weighted by atomic mass is 35.5. The van der Waals surface area contributed by atoms with Gasteiger partial charge in [-0.3, -0.25) is 29.5 Å². The fourth-order valence-corrected chi connectivity index (χ4v) is 5.59. The summed E-state index contributed by atoms with van der Waals surface area (Å²) in [7, 11) is 0. The topological polar surface area (TPSA) is 208 Å². The summed E-state index contributed by atoms with van der Waals surface area (Å²) in [5.41, 5.74) is 16.5. The minimum Gasteiger partial charge on any atom is -0.370 e. The van der Waals surface area contributed by atoms with Gasteiger partial charge in [-0.15, -0.1) is 0 Å². The number of nitro groups is 1. The number of piperazine rings is 1. The van der Waals surface area contributed by atoms with E-state index in [-0.39, 0.29) is 45.3 Å². The molecule has 1 aromatic heterocycles. The molecule has 238 valence electrons. The van der Waals surface area contributed by atoms with Crippen molar-refractivity contribution in [2.24, 2.45) is 22.2 Å². The summed E-state index contributed by atoms with van der Waals surface area (Å²) in [6, 6.07) is 5.65. The lowest BCUT2D eigenvalue weighted by Crippen LogP contribution is -2.53. The highest BCUT2D eigenvalue weighted by Gasteiger charge is 2.30. The molecule has 1 aliphatic carbocycles. The maximum atomic E-state index is 15.6. The third-order valence-electron chi connectivity index (χ3n) is 7.91. The van der Waals surface area contributed by atoms with Gasteiger partial charge in [0.1, 0.15) is 11.4 Å².